The summed E-state index contributed by atoms with van der Waals surface area (Å²) in [5, 5.41) is 10.9. The molecule has 0 aliphatic carbocycles. The zero-order valence-electron chi connectivity index (χ0n) is 15.3. The molecule has 0 bridgehead atoms. The summed E-state index contributed by atoms with van der Waals surface area (Å²) in [4.78, 5) is 13.7. The lowest BCUT2D eigenvalue weighted by Crippen LogP contribution is -3.13. The van der Waals surface area contributed by atoms with Crippen molar-refractivity contribution in [1.29, 1.82) is 0 Å². The number of allylic oxidation sites excluding steroid dienone is 1. The highest BCUT2D eigenvalue weighted by Gasteiger charge is 2.32. The Labute approximate surface area is 150 Å². The third kappa shape index (κ3) is 4.37. The fourth-order valence-corrected chi connectivity index (χ4v) is 3.26. The van der Waals surface area contributed by atoms with Crippen molar-refractivity contribution in [3.05, 3.63) is 77.7 Å². The first-order chi connectivity index (χ1) is 12.1. The number of nitrogens with one attached hydrogen (secondary N) is 1. The van der Waals surface area contributed by atoms with Crippen LogP contribution in [-0.4, -0.2) is 17.6 Å². The first-order valence-electron chi connectivity index (χ1n) is 9.06. The second kappa shape index (κ2) is 9.19. The number of benzene rings is 2. The molecule has 0 aliphatic heterocycles. The smallest absolute Gasteiger partial charge is 0.327 e. The van der Waals surface area contributed by atoms with Crippen LogP contribution in [0.15, 0.2) is 66.5 Å². The van der Waals surface area contributed by atoms with Crippen LogP contribution in [0.25, 0.3) is 5.57 Å². The van der Waals surface area contributed by atoms with E-state index in [0.29, 0.717) is 24.3 Å². The molecule has 0 saturated heterocycles. The molecular weight excluding hydrogens is 310 g/mol. The number of aliphatic hydroxyl groups excluding tert-OH is 1. The molecule has 0 spiro atoms. The van der Waals surface area contributed by atoms with E-state index in [-0.39, 0.29) is 17.7 Å². The minimum Gasteiger partial charge on any atom is -0.467 e. The summed E-state index contributed by atoms with van der Waals surface area (Å²) in [6.07, 6.45) is 1.39. The van der Waals surface area contributed by atoms with Gasteiger partial charge in [-0.3, -0.25) is 0 Å². The van der Waals surface area contributed by atoms with Crippen molar-refractivity contribution in [1.82, 2.24) is 0 Å². The number of rotatable bonds is 7. The van der Waals surface area contributed by atoms with E-state index in [4.69, 9.17) is 0 Å². The Bertz CT molecular complexity index is 707. The van der Waals surface area contributed by atoms with Crippen LogP contribution >= 0.6 is 0 Å². The third-order valence-electron chi connectivity index (χ3n) is 4.63. The Morgan fingerprint density at radius 1 is 0.960 bits per heavy atom. The van der Waals surface area contributed by atoms with Crippen LogP contribution in [-0.2, 0) is 4.79 Å². The van der Waals surface area contributed by atoms with E-state index >= 15 is 0 Å². The lowest BCUT2D eigenvalue weighted by atomic mass is 9.94. The summed E-state index contributed by atoms with van der Waals surface area (Å²) in [6, 6.07) is 19.6. The van der Waals surface area contributed by atoms with Crippen molar-refractivity contribution >= 4 is 11.5 Å². The topological polar surface area (TPSA) is 41.7 Å². The van der Waals surface area contributed by atoms with E-state index < -0.39 is 0 Å². The number of hydrogen-bond donors (Lipinski definition) is 2. The number of aliphatic hydroxyl groups is 1. The van der Waals surface area contributed by atoms with Crippen LogP contribution < -0.4 is 4.90 Å². The van der Waals surface area contributed by atoms with Crippen molar-refractivity contribution < 1.29 is 14.8 Å². The third-order valence-corrected chi connectivity index (χ3v) is 4.63. The summed E-state index contributed by atoms with van der Waals surface area (Å²) in [5.74, 6) is -0.0432. The van der Waals surface area contributed by atoms with Gasteiger partial charge in [0.1, 0.15) is 0 Å². The molecule has 132 valence electrons. The van der Waals surface area contributed by atoms with Gasteiger partial charge in [0.15, 0.2) is 0 Å². The number of quaternary nitrogens is 1. The summed E-state index contributed by atoms with van der Waals surface area (Å²) in [7, 11) is 0. The number of carbonyl (C=O) groups is 1. The molecule has 2 aromatic rings. The largest absolute Gasteiger partial charge is 0.467 e. The van der Waals surface area contributed by atoms with E-state index in [1.807, 2.05) is 81.4 Å². The number of likely N-dealkylation sites (N-methyl/N-ethyl adjacent to an activating group) is 1. The maximum atomic E-state index is 13.2. The van der Waals surface area contributed by atoms with Gasteiger partial charge in [0.25, 0.3) is 5.88 Å². The van der Waals surface area contributed by atoms with Crippen LogP contribution in [0.3, 0.4) is 0 Å². The average molecular weight is 338 g/mol. The molecule has 1 amide bonds. The van der Waals surface area contributed by atoms with E-state index in [1.54, 1.807) is 0 Å². The fourth-order valence-electron chi connectivity index (χ4n) is 3.26. The quantitative estimate of drug-likeness (QED) is 0.751. The van der Waals surface area contributed by atoms with Crippen LogP contribution in [0.5, 0.6) is 0 Å². The monoisotopic (exact) mass is 338 g/mol. The van der Waals surface area contributed by atoms with Gasteiger partial charge in [0.05, 0.1) is 18.0 Å². The maximum Gasteiger partial charge on any atom is 0.327 e. The lowest BCUT2D eigenvalue weighted by Gasteiger charge is -2.21. The van der Waals surface area contributed by atoms with Crippen molar-refractivity contribution in [3.63, 3.8) is 0 Å². The fraction of sp³-hybridized carbons (Fsp3) is 0.318. The van der Waals surface area contributed by atoms with Gasteiger partial charge >= 0.3 is 5.91 Å². The highest BCUT2D eigenvalue weighted by Crippen LogP contribution is 2.21. The van der Waals surface area contributed by atoms with E-state index in [0.717, 1.165) is 16.7 Å². The molecule has 2 atom stereocenters. The van der Waals surface area contributed by atoms with Crippen LogP contribution in [0, 0.1) is 0 Å². The first kappa shape index (κ1) is 18.9. The predicted molar refractivity (Wildman–Crippen MR) is 102 cm³/mol. The molecule has 2 rings (SSSR count). The SMILES string of the molecule is CC/C(=C(/O)[NH+](CC)C(=O)C(CC)c1ccccc1)c1ccccc1. The predicted octanol–water partition coefficient (Wildman–Crippen LogP) is 3.95. The molecule has 2 N–H and O–H groups in total. The molecule has 25 heavy (non-hydrogen) atoms. The second-order valence-electron chi connectivity index (χ2n) is 6.11. The zero-order valence-corrected chi connectivity index (χ0v) is 15.3. The normalized spacial score (nSPS) is 14.5. The molecule has 0 radical (unpaired) electrons. The van der Waals surface area contributed by atoms with Gasteiger partial charge < -0.3 is 5.11 Å². The maximum absolute atomic E-state index is 13.2. The van der Waals surface area contributed by atoms with E-state index in [1.165, 1.54) is 0 Å². The van der Waals surface area contributed by atoms with Gasteiger partial charge in [-0.15, -0.1) is 0 Å². The van der Waals surface area contributed by atoms with Crippen molar-refractivity contribution in [2.24, 2.45) is 0 Å². The molecule has 3 nitrogen and oxygen atoms in total. The van der Waals surface area contributed by atoms with Gasteiger partial charge in [0.2, 0.25) is 0 Å². The van der Waals surface area contributed by atoms with Gasteiger partial charge in [0, 0.05) is 0 Å². The lowest BCUT2D eigenvalue weighted by molar-refractivity contribution is -0.794. The van der Waals surface area contributed by atoms with Gasteiger partial charge in [-0.25, -0.2) is 9.69 Å². The zero-order chi connectivity index (χ0) is 18.2. The Balaban J connectivity index is 2.39. The standard InChI is InChI=1S/C22H27NO2/c1-4-19(17-13-9-7-10-14-17)21(24)23(6-3)22(25)20(5-2)18-15-11-8-12-16-18/h7-16,19,25H,4-6H2,1-3H3/p+1/b22-20-. The molecular formula is C22H28NO2+. The summed E-state index contributed by atoms with van der Waals surface area (Å²) in [6.45, 7) is 6.47. The van der Waals surface area contributed by atoms with E-state index in [2.05, 4.69) is 0 Å². The first-order valence-corrected chi connectivity index (χ1v) is 9.06. The number of hydrogen-bond acceptors (Lipinski definition) is 2. The summed E-state index contributed by atoms with van der Waals surface area (Å²) < 4.78 is 0. The molecule has 0 saturated carbocycles. The Morgan fingerprint density at radius 2 is 1.52 bits per heavy atom. The molecule has 2 aromatic carbocycles. The number of carbonyl (C=O) groups excluding carboxylic acids is 1. The molecule has 0 heterocycles. The highest BCUT2D eigenvalue weighted by atomic mass is 16.3. The minimum absolute atomic E-state index is 0.0237. The van der Waals surface area contributed by atoms with E-state index in [9.17, 15) is 9.90 Å². The minimum atomic E-state index is -0.216. The van der Waals surface area contributed by atoms with Crippen LogP contribution in [0.1, 0.15) is 50.7 Å². The Hall–Kier alpha value is -2.39. The van der Waals surface area contributed by atoms with Crippen molar-refractivity contribution in [2.45, 2.75) is 39.5 Å². The molecule has 2 unspecified atom stereocenters. The molecule has 3 heteroatoms. The summed E-state index contributed by atoms with van der Waals surface area (Å²) in [5.41, 5.74) is 2.80. The van der Waals surface area contributed by atoms with Crippen molar-refractivity contribution in [2.75, 3.05) is 6.54 Å². The summed E-state index contributed by atoms with van der Waals surface area (Å²) >= 11 is 0. The van der Waals surface area contributed by atoms with Gasteiger partial charge in [-0.2, -0.15) is 0 Å². The second-order valence-corrected chi connectivity index (χ2v) is 6.11. The van der Waals surface area contributed by atoms with Crippen LogP contribution in [0.4, 0.5) is 0 Å². The number of amides is 1. The van der Waals surface area contributed by atoms with Gasteiger partial charge in [-0.05, 0) is 30.9 Å². The highest BCUT2D eigenvalue weighted by molar-refractivity contribution is 5.77. The van der Waals surface area contributed by atoms with Crippen LogP contribution in [0.2, 0.25) is 0 Å². The Kier molecular flexibility index (Phi) is 6.96. The average Bonchev–Trinajstić information content (AvgIpc) is 2.65. The molecule has 0 aliphatic rings. The Morgan fingerprint density at radius 3 is 2.00 bits per heavy atom. The van der Waals surface area contributed by atoms with Crippen molar-refractivity contribution in [3.8, 4) is 0 Å². The molecule has 0 fully saturated rings. The van der Waals surface area contributed by atoms with Gasteiger partial charge in [-0.1, -0.05) is 74.5 Å². The molecule has 0 aromatic heterocycles.